The first-order valence-electron chi connectivity index (χ1n) is 6.45. The summed E-state index contributed by atoms with van der Waals surface area (Å²) in [6.45, 7) is 4.24. The zero-order valence-corrected chi connectivity index (χ0v) is 13.1. The molecule has 0 heterocycles. The molecule has 20 heavy (non-hydrogen) atoms. The molecule has 0 bridgehead atoms. The Balaban J connectivity index is 2.96. The number of hydrogen-bond donors (Lipinski definition) is 0. The van der Waals surface area contributed by atoms with E-state index < -0.39 is 4.92 Å². The number of benzene rings is 1. The molecule has 0 aliphatic heterocycles. The van der Waals surface area contributed by atoms with Crippen LogP contribution in [-0.2, 0) is 0 Å². The van der Waals surface area contributed by atoms with Crippen LogP contribution in [0.2, 0.25) is 0 Å². The molecular formula is C14H20N2O3S. The van der Waals surface area contributed by atoms with Crippen LogP contribution in [0.25, 0.3) is 0 Å². The first-order valence-corrected chi connectivity index (χ1v) is 7.44. The van der Waals surface area contributed by atoms with Gasteiger partial charge < -0.3 is 4.90 Å². The molecule has 110 valence electrons. The summed E-state index contributed by atoms with van der Waals surface area (Å²) in [6, 6.07) is 4.67. The van der Waals surface area contributed by atoms with E-state index in [9.17, 15) is 14.9 Å². The highest BCUT2D eigenvalue weighted by atomic mass is 32.2. The fraction of sp³-hybridized carbons (Fsp3) is 0.500. The van der Waals surface area contributed by atoms with E-state index >= 15 is 0 Å². The lowest BCUT2D eigenvalue weighted by Crippen LogP contribution is -2.21. The van der Waals surface area contributed by atoms with Gasteiger partial charge in [0.15, 0.2) is 0 Å². The van der Waals surface area contributed by atoms with Crippen LogP contribution in [0.4, 0.5) is 5.69 Å². The molecule has 0 N–H and O–H groups in total. The van der Waals surface area contributed by atoms with Crippen LogP contribution >= 0.6 is 11.8 Å². The Morgan fingerprint density at radius 3 is 2.55 bits per heavy atom. The van der Waals surface area contributed by atoms with E-state index in [4.69, 9.17) is 0 Å². The molecule has 1 aromatic carbocycles. The number of thioether (sulfide) groups is 1. The van der Waals surface area contributed by atoms with Gasteiger partial charge in [-0.05, 0) is 30.2 Å². The van der Waals surface area contributed by atoms with E-state index in [2.05, 4.69) is 13.8 Å². The number of hydrogen-bond acceptors (Lipinski definition) is 4. The molecule has 1 aromatic rings. The zero-order chi connectivity index (χ0) is 15.3. The molecule has 0 spiro atoms. The second-order valence-corrected chi connectivity index (χ2v) is 6.31. The molecule has 0 aromatic heterocycles. The van der Waals surface area contributed by atoms with Gasteiger partial charge in [0.2, 0.25) is 0 Å². The van der Waals surface area contributed by atoms with Gasteiger partial charge in [-0.1, -0.05) is 13.8 Å². The van der Waals surface area contributed by atoms with Gasteiger partial charge >= 0.3 is 0 Å². The topological polar surface area (TPSA) is 63.5 Å². The molecule has 0 aliphatic carbocycles. The lowest BCUT2D eigenvalue weighted by molar-refractivity contribution is -0.387. The van der Waals surface area contributed by atoms with Gasteiger partial charge in [-0.2, -0.15) is 0 Å². The van der Waals surface area contributed by atoms with Crippen LogP contribution in [0.15, 0.2) is 23.1 Å². The molecule has 0 atom stereocenters. The third-order valence-electron chi connectivity index (χ3n) is 2.76. The highest BCUT2D eigenvalue weighted by molar-refractivity contribution is 7.99. The SMILES string of the molecule is CC(C)CCSc1ccc(C(=O)N(C)C)cc1[N+](=O)[O-]. The third kappa shape index (κ3) is 4.52. The maximum Gasteiger partial charge on any atom is 0.283 e. The molecule has 0 fully saturated rings. The van der Waals surface area contributed by atoms with E-state index in [1.54, 1.807) is 26.2 Å². The lowest BCUT2D eigenvalue weighted by atomic mass is 10.2. The van der Waals surface area contributed by atoms with Gasteiger partial charge in [-0.15, -0.1) is 11.8 Å². The van der Waals surface area contributed by atoms with Gasteiger partial charge in [-0.3, -0.25) is 14.9 Å². The number of amides is 1. The van der Waals surface area contributed by atoms with Crippen LogP contribution in [0.1, 0.15) is 30.6 Å². The summed E-state index contributed by atoms with van der Waals surface area (Å²) in [5, 5.41) is 11.1. The zero-order valence-electron chi connectivity index (χ0n) is 12.3. The van der Waals surface area contributed by atoms with E-state index in [1.165, 1.54) is 22.7 Å². The molecule has 0 saturated heterocycles. The molecule has 5 nitrogen and oxygen atoms in total. The minimum absolute atomic E-state index is 0.00598. The van der Waals surface area contributed by atoms with Gasteiger partial charge in [0.05, 0.1) is 9.82 Å². The monoisotopic (exact) mass is 296 g/mol. The predicted octanol–water partition coefficient (Wildman–Crippen LogP) is 3.43. The molecule has 0 saturated carbocycles. The van der Waals surface area contributed by atoms with Crippen molar-refractivity contribution in [3.8, 4) is 0 Å². The molecule has 0 aliphatic rings. The fourth-order valence-electron chi connectivity index (χ4n) is 1.58. The average molecular weight is 296 g/mol. The fourth-order valence-corrected chi connectivity index (χ4v) is 2.83. The Labute approximate surface area is 123 Å². The van der Waals surface area contributed by atoms with Crippen molar-refractivity contribution in [2.75, 3.05) is 19.8 Å². The van der Waals surface area contributed by atoms with Crippen molar-refractivity contribution >= 4 is 23.4 Å². The Morgan fingerprint density at radius 2 is 2.05 bits per heavy atom. The van der Waals surface area contributed by atoms with Gasteiger partial charge in [-0.25, -0.2) is 0 Å². The summed E-state index contributed by atoms with van der Waals surface area (Å²) in [6.07, 6.45) is 1.00. The predicted molar refractivity (Wildman–Crippen MR) is 81.3 cm³/mol. The number of carbonyl (C=O) groups excluding carboxylic acids is 1. The van der Waals surface area contributed by atoms with Crippen molar-refractivity contribution in [2.45, 2.75) is 25.2 Å². The Kier molecular flexibility index (Phi) is 6.01. The summed E-state index contributed by atoms with van der Waals surface area (Å²) in [5.41, 5.74) is 0.348. The van der Waals surface area contributed by atoms with E-state index in [0.717, 1.165) is 12.2 Å². The molecule has 1 amide bonds. The minimum Gasteiger partial charge on any atom is -0.345 e. The number of carbonyl (C=O) groups is 1. The second kappa shape index (κ2) is 7.28. The minimum atomic E-state index is -0.426. The lowest BCUT2D eigenvalue weighted by Gasteiger charge is -2.11. The van der Waals surface area contributed by atoms with E-state index in [-0.39, 0.29) is 11.6 Å². The second-order valence-electron chi connectivity index (χ2n) is 5.17. The Morgan fingerprint density at radius 1 is 1.40 bits per heavy atom. The summed E-state index contributed by atoms with van der Waals surface area (Å²) in [7, 11) is 3.25. The number of rotatable bonds is 6. The maximum atomic E-state index is 11.8. The van der Waals surface area contributed by atoms with Crippen molar-refractivity contribution in [2.24, 2.45) is 5.92 Å². The van der Waals surface area contributed by atoms with Crippen molar-refractivity contribution in [3.05, 3.63) is 33.9 Å². The van der Waals surface area contributed by atoms with Crippen LogP contribution in [0.5, 0.6) is 0 Å². The van der Waals surface area contributed by atoms with E-state index in [0.29, 0.717) is 16.4 Å². The maximum absolute atomic E-state index is 11.8. The van der Waals surface area contributed by atoms with Crippen molar-refractivity contribution in [3.63, 3.8) is 0 Å². The van der Waals surface area contributed by atoms with Crippen LogP contribution in [0.3, 0.4) is 0 Å². The van der Waals surface area contributed by atoms with Crippen molar-refractivity contribution < 1.29 is 9.72 Å². The molecule has 0 unspecified atom stereocenters. The summed E-state index contributed by atoms with van der Waals surface area (Å²) >= 11 is 1.47. The van der Waals surface area contributed by atoms with Gasteiger partial charge in [0.25, 0.3) is 11.6 Å². The quantitative estimate of drug-likeness (QED) is 0.458. The standard InChI is InChI=1S/C14H20N2O3S/c1-10(2)7-8-20-13-6-5-11(14(17)15(3)4)9-12(13)16(18)19/h5-6,9-10H,7-8H2,1-4H3. The molecule has 0 radical (unpaired) electrons. The van der Waals surface area contributed by atoms with Crippen molar-refractivity contribution in [1.82, 2.24) is 4.90 Å². The summed E-state index contributed by atoms with van der Waals surface area (Å²) in [4.78, 5) is 24.6. The number of nitrogens with zero attached hydrogens (tertiary/aromatic N) is 2. The van der Waals surface area contributed by atoms with Crippen LogP contribution < -0.4 is 0 Å². The van der Waals surface area contributed by atoms with Crippen LogP contribution in [0, 0.1) is 16.0 Å². The number of nitro groups is 1. The number of nitro benzene ring substituents is 1. The van der Waals surface area contributed by atoms with Gasteiger partial charge in [0, 0.05) is 25.7 Å². The van der Waals surface area contributed by atoms with Crippen LogP contribution in [-0.4, -0.2) is 35.6 Å². The average Bonchev–Trinajstić information content (AvgIpc) is 2.37. The smallest absolute Gasteiger partial charge is 0.283 e. The largest absolute Gasteiger partial charge is 0.345 e. The highest BCUT2D eigenvalue weighted by Gasteiger charge is 2.18. The summed E-state index contributed by atoms with van der Waals surface area (Å²) in [5.74, 6) is 1.17. The first kappa shape index (κ1) is 16.5. The van der Waals surface area contributed by atoms with E-state index in [1.807, 2.05) is 0 Å². The highest BCUT2D eigenvalue weighted by Crippen LogP contribution is 2.31. The van der Waals surface area contributed by atoms with Gasteiger partial charge in [0.1, 0.15) is 0 Å². The normalized spacial score (nSPS) is 10.7. The van der Waals surface area contributed by atoms with Crippen molar-refractivity contribution in [1.29, 1.82) is 0 Å². The molecular weight excluding hydrogens is 276 g/mol. The Bertz CT molecular complexity index is 501. The first-order chi connectivity index (χ1) is 9.32. The molecule has 6 heteroatoms. The Hall–Kier alpha value is -1.56. The summed E-state index contributed by atoms with van der Waals surface area (Å²) < 4.78 is 0. The third-order valence-corrected chi connectivity index (χ3v) is 3.86. The molecule has 1 rings (SSSR count).